The highest BCUT2D eigenvalue weighted by Gasteiger charge is 2.17. The van der Waals surface area contributed by atoms with Crippen LogP contribution in [-0.2, 0) is 16.0 Å². The zero-order valence-corrected chi connectivity index (χ0v) is 14.4. The third-order valence-corrected chi connectivity index (χ3v) is 4.50. The van der Waals surface area contributed by atoms with Crippen molar-refractivity contribution in [3.8, 4) is 17.0 Å². The molecule has 2 aromatic heterocycles. The number of aromatic nitrogens is 4. The van der Waals surface area contributed by atoms with Crippen molar-refractivity contribution in [2.24, 2.45) is 0 Å². The first-order valence-electron chi connectivity index (χ1n) is 8.57. The van der Waals surface area contributed by atoms with Gasteiger partial charge in [-0.3, -0.25) is 9.78 Å². The number of nitrogens with zero attached hydrogens (tertiary/aromatic N) is 3. The quantitative estimate of drug-likeness (QED) is 0.680. The van der Waals surface area contributed by atoms with Crippen molar-refractivity contribution in [3.05, 3.63) is 30.6 Å². The molecule has 132 valence electrons. The van der Waals surface area contributed by atoms with Gasteiger partial charge in [-0.25, -0.2) is 0 Å². The number of nitrogens with one attached hydrogen (secondary N) is 1. The molecule has 0 radical (unpaired) electrons. The number of fused-ring (bicyclic) bond motifs is 4. The molecule has 4 bridgehead atoms. The highest BCUT2D eigenvalue weighted by Crippen LogP contribution is 2.29. The van der Waals surface area contributed by atoms with E-state index in [1.807, 2.05) is 49.1 Å². The van der Waals surface area contributed by atoms with Gasteiger partial charge in [-0.1, -0.05) is 0 Å². The molecule has 1 N–H and O–H groups in total. The van der Waals surface area contributed by atoms with E-state index in [4.69, 9.17) is 14.2 Å². The summed E-state index contributed by atoms with van der Waals surface area (Å²) >= 11 is 0. The first kappa shape index (κ1) is 16.1. The van der Waals surface area contributed by atoms with Crippen LogP contribution in [0.1, 0.15) is 13.8 Å². The van der Waals surface area contributed by atoms with Crippen molar-refractivity contribution in [2.45, 2.75) is 32.6 Å². The average molecular weight is 342 g/mol. The predicted octanol–water partition coefficient (Wildman–Crippen LogP) is 2.63. The Labute approximate surface area is 145 Å². The topological polar surface area (TPSA) is 74.2 Å². The highest BCUT2D eigenvalue weighted by atomic mass is 16.6. The standard InChI is InChI=1S/C18H22N4O3/c1-12-13(2)25-15-3-4-17-16(9-15)18(21-20-17)14-10-19-22(11-14)5-6-23-7-8-24-12/h3-4,9-13H,5-8H2,1-2H3,(H,20,21)/t12-,13+/m0/s1. The molecule has 0 unspecified atom stereocenters. The van der Waals surface area contributed by atoms with Crippen LogP contribution in [0.15, 0.2) is 30.6 Å². The van der Waals surface area contributed by atoms with Gasteiger partial charge in [-0.15, -0.1) is 0 Å². The predicted molar refractivity (Wildman–Crippen MR) is 93.6 cm³/mol. The molecule has 2 atom stereocenters. The van der Waals surface area contributed by atoms with Crippen molar-refractivity contribution in [3.63, 3.8) is 0 Å². The third-order valence-electron chi connectivity index (χ3n) is 4.50. The minimum absolute atomic E-state index is 0.0259. The van der Waals surface area contributed by atoms with E-state index in [2.05, 4.69) is 15.3 Å². The minimum atomic E-state index is -0.0662. The van der Waals surface area contributed by atoms with Crippen molar-refractivity contribution in [1.82, 2.24) is 20.0 Å². The number of rotatable bonds is 0. The molecule has 0 saturated carbocycles. The highest BCUT2D eigenvalue weighted by molar-refractivity contribution is 5.93. The van der Waals surface area contributed by atoms with Gasteiger partial charge in [0.1, 0.15) is 17.5 Å². The van der Waals surface area contributed by atoms with Crippen molar-refractivity contribution in [1.29, 1.82) is 0 Å². The lowest BCUT2D eigenvalue weighted by Crippen LogP contribution is -2.30. The maximum absolute atomic E-state index is 6.07. The number of hydrogen-bond acceptors (Lipinski definition) is 5. The molecule has 25 heavy (non-hydrogen) atoms. The summed E-state index contributed by atoms with van der Waals surface area (Å²) in [6.45, 7) is 6.42. The lowest BCUT2D eigenvalue weighted by Gasteiger charge is -2.22. The fourth-order valence-corrected chi connectivity index (χ4v) is 2.89. The van der Waals surface area contributed by atoms with Crippen LogP contribution in [0, 0.1) is 0 Å². The molecule has 7 heteroatoms. The second-order valence-electron chi connectivity index (χ2n) is 6.28. The largest absolute Gasteiger partial charge is 0.488 e. The molecule has 7 nitrogen and oxygen atoms in total. The molecule has 1 aliphatic rings. The van der Waals surface area contributed by atoms with Gasteiger partial charge in [0.05, 0.1) is 44.2 Å². The van der Waals surface area contributed by atoms with Gasteiger partial charge in [0.2, 0.25) is 0 Å². The van der Waals surface area contributed by atoms with E-state index in [1.165, 1.54) is 0 Å². The van der Waals surface area contributed by atoms with E-state index in [-0.39, 0.29) is 12.2 Å². The lowest BCUT2D eigenvalue weighted by molar-refractivity contribution is -0.0334. The summed E-state index contributed by atoms with van der Waals surface area (Å²) < 4.78 is 19.4. The molecule has 3 aromatic rings. The third kappa shape index (κ3) is 3.38. The van der Waals surface area contributed by atoms with E-state index in [1.54, 1.807) is 0 Å². The van der Waals surface area contributed by atoms with Gasteiger partial charge in [0, 0.05) is 17.1 Å². The van der Waals surface area contributed by atoms with E-state index in [9.17, 15) is 0 Å². The van der Waals surface area contributed by atoms with Crippen LogP contribution < -0.4 is 4.74 Å². The van der Waals surface area contributed by atoms with Gasteiger partial charge in [-0.05, 0) is 32.0 Å². The monoisotopic (exact) mass is 342 g/mol. The Balaban J connectivity index is 1.72. The SMILES string of the molecule is C[C@@H]1OCCOCCn2cc(cn2)-c2n[nH]c3ccc(cc23)O[C@@H]1C. The Kier molecular flexibility index (Phi) is 4.42. The number of ether oxygens (including phenoxy) is 3. The van der Waals surface area contributed by atoms with E-state index < -0.39 is 0 Å². The van der Waals surface area contributed by atoms with Crippen LogP contribution in [0.2, 0.25) is 0 Å². The van der Waals surface area contributed by atoms with Crippen LogP contribution >= 0.6 is 0 Å². The number of hydrogen-bond donors (Lipinski definition) is 1. The second-order valence-corrected chi connectivity index (χ2v) is 6.28. The molecule has 1 aromatic carbocycles. The Hall–Kier alpha value is -2.38. The van der Waals surface area contributed by atoms with E-state index >= 15 is 0 Å². The number of H-pyrrole nitrogens is 1. The van der Waals surface area contributed by atoms with Crippen LogP contribution in [-0.4, -0.2) is 52.0 Å². The Morgan fingerprint density at radius 1 is 1.16 bits per heavy atom. The summed E-state index contributed by atoms with van der Waals surface area (Å²) in [5.41, 5.74) is 2.81. The first-order valence-corrected chi connectivity index (χ1v) is 8.57. The Morgan fingerprint density at radius 3 is 3.00 bits per heavy atom. The molecule has 0 fully saturated rings. The van der Waals surface area contributed by atoms with Crippen molar-refractivity contribution >= 4 is 10.9 Å². The lowest BCUT2D eigenvalue weighted by atomic mass is 10.1. The normalized spacial score (nSPS) is 22.2. The van der Waals surface area contributed by atoms with Crippen LogP contribution in [0.4, 0.5) is 0 Å². The average Bonchev–Trinajstić information content (AvgIpc) is 3.23. The zero-order valence-electron chi connectivity index (χ0n) is 14.4. The maximum atomic E-state index is 6.07. The van der Waals surface area contributed by atoms with Gasteiger partial charge in [0.25, 0.3) is 0 Å². The molecule has 1 aliphatic heterocycles. The first-order chi connectivity index (χ1) is 12.2. The molecule has 0 spiro atoms. The molecule has 4 rings (SSSR count). The molecular formula is C18H22N4O3. The van der Waals surface area contributed by atoms with Crippen LogP contribution in [0.5, 0.6) is 5.75 Å². The number of aromatic amines is 1. The van der Waals surface area contributed by atoms with Gasteiger partial charge < -0.3 is 14.2 Å². The summed E-state index contributed by atoms with van der Waals surface area (Å²) in [4.78, 5) is 0. The molecule has 0 saturated heterocycles. The van der Waals surface area contributed by atoms with Gasteiger partial charge >= 0.3 is 0 Å². The smallest absolute Gasteiger partial charge is 0.122 e. The summed E-state index contributed by atoms with van der Waals surface area (Å²) in [6, 6.07) is 5.95. The molecular weight excluding hydrogens is 320 g/mol. The summed E-state index contributed by atoms with van der Waals surface area (Å²) in [5, 5.41) is 12.9. The van der Waals surface area contributed by atoms with Gasteiger partial charge in [-0.2, -0.15) is 10.2 Å². The minimum Gasteiger partial charge on any atom is -0.488 e. The Morgan fingerprint density at radius 2 is 2.08 bits per heavy atom. The fourth-order valence-electron chi connectivity index (χ4n) is 2.89. The van der Waals surface area contributed by atoms with Crippen LogP contribution in [0.3, 0.4) is 0 Å². The number of benzene rings is 1. The summed E-state index contributed by atoms with van der Waals surface area (Å²) in [6.07, 6.45) is 3.72. The zero-order chi connectivity index (χ0) is 17.2. The van der Waals surface area contributed by atoms with Crippen molar-refractivity contribution < 1.29 is 14.2 Å². The van der Waals surface area contributed by atoms with Gasteiger partial charge in [0.15, 0.2) is 0 Å². The summed E-state index contributed by atoms with van der Waals surface area (Å²) in [5.74, 6) is 0.800. The van der Waals surface area contributed by atoms with E-state index in [0.29, 0.717) is 26.4 Å². The maximum Gasteiger partial charge on any atom is 0.122 e. The van der Waals surface area contributed by atoms with E-state index in [0.717, 1.165) is 27.9 Å². The van der Waals surface area contributed by atoms with Crippen molar-refractivity contribution in [2.75, 3.05) is 19.8 Å². The Bertz CT molecular complexity index is 857. The molecule has 0 aliphatic carbocycles. The second kappa shape index (κ2) is 6.85. The molecule has 0 amide bonds. The summed E-state index contributed by atoms with van der Waals surface area (Å²) in [7, 11) is 0. The molecule has 3 heterocycles. The fraction of sp³-hybridized carbons (Fsp3) is 0.444. The van der Waals surface area contributed by atoms with Crippen LogP contribution in [0.25, 0.3) is 22.2 Å².